The molecule has 2 aliphatic carbocycles. The van der Waals surface area contributed by atoms with Gasteiger partial charge in [0, 0.05) is 11.7 Å². The zero-order chi connectivity index (χ0) is 13.9. The Kier molecular flexibility index (Phi) is 2.71. The maximum atomic E-state index is 3.99. The number of rotatable bonds is 0. The van der Waals surface area contributed by atoms with Gasteiger partial charge in [0.25, 0.3) is 0 Å². The average molecular weight is 269 g/mol. The molecule has 0 saturated heterocycles. The van der Waals surface area contributed by atoms with Crippen molar-refractivity contribution >= 4 is 5.69 Å². The summed E-state index contributed by atoms with van der Waals surface area (Å²) in [7, 11) is 0. The van der Waals surface area contributed by atoms with E-state index in [0.717, 1.165) is 23.8 Å². The third-order valence-corrected chi connectivity index (χ3v) is 6.67. The number of para-hydroxylation sites is 1. The van der Waals surface area contributed by atoms with Gasteiger partial charge in [0.15, 0.2) is 0 Å². The molecule has 4 rings (SSSR count). The minimum atomic E-state index is 0.324. The Morgan fingerprint density at radius 2 is 1.95 bits per heavy atom. The summed E-state index contributed by atoms with van der Waals surface area (Å²) in [5, 5.41) is 3.99. The normalized spacial score (nSPS) is 37.5. The molecule has 1 aromatic carbocycles. The molecule has 1 aromatic rings. The van der Waals surface area contributed by atoms with Gasteiger partial charge >= 0.3 is 0 Å². The van der Waals surface area contributed by atoms with E-state index < -0.39 is 0 Å². The van der Waals surface area contributed by atoms with Crippen molar-refractivity contribution in [3.63, 3.8) is 0 Å². The lowest BCUT2D eigenvalue weighted by molar-refractivity contribution is 0.121. The quantitative estimate of drug-likeness (QED) is 0.707. The maximum absolute atomic E-state index is 3.99. The highest BCUT2D eigenvalue weighted by molar-refractivity contribution is 5.63. The van der Waals surface area contributed by atoms with Crippen LogP contribution in [-0.4, -0.2) is 6.04 Å². The van der Waals surface area contributed by atoms with Gasteiger partial charge in [-0.1, -0.05) is 44.9 Å². The topological polar surface area (TPSA) is 12.0 Å². The van der Waals surface area contributed by atoms with Gasteiger partial charge < -0.3 is 5.32 Å². The highest BCUT2D eigenvalue weighted by atomic mass is 15.0. The van der Waals surface area contributed by atoms with Crippen molar-refractivity contribution in [2.45, 2.75) is 64.3 Å². The Balaban J connectivity index is 1.81. The highest BCUT2D eigenvalue weighted by Gasteiger charge is 2.50. The summed E-state index contributed by atoms with van der Waals surface area (Å²) in [6.45, 7) is 7.23. The van der Waals surface area contributed by atoms with Crippen molar-refractivity contribution in [3.8, 4) is 0 Å². The highest BCUT2D eigenvalue weighted by Crippen LogP contribution is 2.54. The zero-order valence-corrected chi connectivity index (χ0v) is 13.1. The van der Waals surface area contributed by atoms with Crippen molar-refractivity contribution in [3.05, 3.63) is 29.3 Å². The fourth-order valence-electron chi connectivity index (χ4n) is 5.55. The van der Waals surface area contributed by atoms with Crippen LogP contribution in [0, 0.1) is 24.7 Å². The number of hydrogen-bond donors (Lipinski definition) is 1. The molecule has 0 bridgehead atoms. The van der Waals surface area contributed by atoms with Crippen LogP contribution in [0.15, 0.2) is 18.2 Å². The predicted octanol–water partition coefficient (Wildman–Crippen LogP) is 4.89. The third kappa shape index (κ3) is 1.61. The lowest BCUT2D eigenvalue weighted by Gasteiger charge is -2.52. The van der Waals surface area contributed by atoms with Crippen LogP contribution in [0.4, 0.5) is 5.69 Å². The average Bonchev–Trinajstić information content (AvgIpc) is 2.89. The largest absolute Gasteiger partial charge is 0.381 e. The number of hydrogen-bond acceptors (Lipinski definition) is 1. The number of anilines is 1. The van der Waals surface area contributed by atoms with E-state index in [1.807, 2.05) is 0 Å². The van der Waals surface area contributed by atoms with E-state index >= 15 is 0 Å². The maximum Gasteiger partial charge on any atom is 0.0410 e. The molecule has 1 aliphatic heterocycles. The summed E-state index contributed by atoms with van der Waals surface area (Å²) in [5.41, 5.74) is 4.75. The van der Waals surface area contributed by atoms with E-state index in [4.69, 9.17) is 0 Å². The zero-order valence-electron chi connectivity index (χ0n) is 13.1. The molecule has 0 unspecified atom stereocenters. The first-order chi connectivity index (χ1) is 9.59. The SMILES string of the molecule is Cc1cccc2c1N[C@H]1[C@@H]3CCC[C@H]3CC[C@@H]1C2(C)C. The molecule has 0 spiro atoms. The molecule has 3 aliphatic rings. The smallest absolute Gasteiger partial charge is 0.0410 e. The van der Waals surface area contributed by atoms with Crippen LogP contribution in [0.2, 0.25) is 0 Å². The van der Waals surface area contributed by atoms with Gasteiger partial charge in [-0.3, -0.25) is 0 Å². The minimum absolute atomic E-state index is 0.324. The molecule has 2 saturated carbocycles. The second-order valence-corrected chi connectivity index (χ2v) is 7.93. The molecule has 0 radical (unpaired) electrons. The first kappa shape index (κ1) is 12.7. The lowest BCUT2D eigenvalue weighted by atomic mass is 9.58. The van der Waals surface area contributed by atoms with Crippen LogP contribution in [0.1, 0.15) is 57.1 Å². The summed E-state index contributed by atoms with van der Waals surface area (Å²) in [5.74, 6) is 2.75. The van der Waals surface area contributed by atoms with Gasteiger partial charge in [0.1, 0.15) is 0 Å². The van der Waals surface area contributed by atoms with Crippen LogP contribution in [0.3, 0.4) is 0 Å². The van der Waals surface area contributed by atoms with E-state index in [1.54, 1.807) is 5.56 Å². The van der Waals surface area contributed by atoms with Gasteiger partial charge in [-0.15, -0.1) is 0 Å². The van der Waals surface area contributed by atoms with Gasteiger partial charge in [-0.25, -0.2) is 0 Å². The van der Waals surface area contributed by atoms with Crippen molar-refractivity contribution in [2.24, 2.45) is 17.8 Å². The summed E-state index contributed by atoms with van der Waals surface area (Å²) in [6.07, 6.45) is 7.28. The van der Waals surface area contributed by atoms with Crippen molar-refractivity contribution in [1.29, 1.82) is 0 Å². The minimum Gasteiger partial charge on any atom is -0.381 e. The van der Waals surface area contributed by atoms with E-state index in [9.17, 15) is 0 Å². The van der Waals surface area contributed by atoms with Gasteiger partial charge in [0.05, 0.1) is 0 Å². The molecule has 1 nitrogen and oxygen atoms in total. The number of benzene rings is 1. The number of aryl methyl sites for hydroxylation is 1. The van der Waals surface area contributed by atoms with E-state index in [2.05, 4.69) is 44.3 Å². The third-order valence-electron chi connectivity index (χ3n) is 6.67. The van der Waals surface area contributed by atoms with Crippen LogP contribution < -0.4 is 5.32 Å². The fourth-order valence-corrected chi connectivity index (χ4v) is 5.55. The van der Waals surface area contributed by atoms with Crippen molar-refractivity contribution < 1.29 is 0 Å². The van der Waals surface area contributed by atoms with Crippen LogP contribution in [0.5, 0.6) is 0 Å². The molecule has 0 aromatic heterocycles. The molecule has 20 heavy (non-hydrogen) atoms. The molecule has 1 heteroatoms. The van der Waals surface area contributed by atoms with Crippen LogP contribution in [-0.2, 0) is 5.41 Å². The Bertz CT molecular complexity index is 531. The first-order valence-corrected chi connectivity index (χ1v) is 8.45. The molecule has 1 heterocycles. The second kappa shape index (κ2) is 4.26. The fraction of sp³-hybridized carbons (Fsp3) is 0.684. The standard InChI is InChI=1S/C19H27N/c1-12-6-4-9-15-17(12)20-18-14-8-5-7-13(14)10-11-16(18)19(15,2)3/h4,6,9,13-14,16,18,20H,5,7-8,10-11H2,1-3H3/t13-,14+,16-,18-/m0/s1. The van der Waals surface area contributed by atoms with E-state index in [-0.39, 0.29) is 0 Å². The van der Waals surface area contributed by atoms with Gasteiger partial charge in [-0.2, -0.15) is 0 Å². The number of fused-ring (bicyclic) bond motifs is 4. The molecular weight excluding hydrogens is 242 g/mol. The summed E-state index contributed by atoms with van der Waals surface area (Å²) in [4.78, 5) is 0. The molecule has 108 valence electrons. The molecule has 1 N–H and O–H groups in total. The van der Waals surface area contributed by atoms with Crippen molar-refractivity contribution in [2.75, 3.05) is 5.32 Å². The van der Waals surface area contributed by atoms with Crippen LogP contribution in [0.25, 0.3) is 0 Å². The monoisotopic (exact) mass is 269 g/mol. The predicted molar refractivity (Wildman–Crippen MR) is 85.2 cm³/mol. The first-order valence-electron chi connectivity index (χ1n) is 8.45. The van der Waals surface area contributed by atoms with Crippen molar-refractivity contribution in [1.82, 2.24) is 0 Å². The van der Waals surface area contributed by atoms with Gasteiger partial charge in [0.2, 0.25) is 0 Å². The second-order valence-electron chi connectivity index (χ2n) is 7.93. The Labute approximate surface area is 123 Å². The molecule has 2 fully saturated rings. The van der Waals surface area contributed by atoms with Crippen LogP contribution >= 0.6 is 0 Å². The Morgan fingerprint density at radius 3 is 2.80 bits per heavy atom. The Morgan fingerprint density at radius 1 is 1.10 bits per heavy atom. The van der Waals surface area contributed by atoms with E-state index in [0.29, 0.717) is 5.41 Å². The molecular formula is C19H27N. The number of nitrogens with one attached hydrogen (secondary N) is 1. The Hall–Kier alpha value is -0.980. The summed E-state index contributed by atoms with van der Waals surface area (Å²) >= 11 is 0. The molecule has 4 atom stereocenters. The van der Waals surface area contributed by atoms with E-state index in [1.165, 1.54) is 43.4 Å². The molecule has 0 amide bonds. The summed E-state index contributed by atoms with van der Waals surface area (Å²) in [6, 6.07) is 7.57. The summed E-state index contributed by atoms with van der Waals surface area (Å²) < 4.78 is 0. The van der Waals surface area contributed by atoms with Gasteiger partial charge in [-0.05, 0) is 60.5 Å². The lowest BCUT2D eigenvalue weighted by Crippen LogP contribution is -2.53.